The smallest absolute Gasteiger partial charge is 0.248 e. The van der Waals surface area contributed by atoms with E-state index in [1.54, 1.807) is 6.08 Å². The molecule has 126 valence electrons. The number of ether oxygens (including phenoxy) is 1. The molecule has 0 unspecified atom stereocenters. The van der Waals surface area contributed by atoms with Crippen molar-refractivity contribution in [3.8, 4) is 5.75 Å². The van der Waals surface area contributed by atoms with Crippen LogP contribution >= 0.6 is 0 Å². The highest BCUT2D eigenvalue weighted by atomic mass is 32.2. The van der Waals surface area contributed by atoms with Crippen molar-refractivity contribution in [1.29, 1.82) is 0 Å². The highest BCUT2D eigenvalue weighted by Gasteiger charge is 2.16. The Labute approximate surface area is 141 Å². The Balaban J connectivity index is 2.15. The van der Waals surface area contributed by atoms with Gasteiger partial charge in [0.05, 0.1) is 7.11 Å². The summed E-state index contributed by atoms with van der Waals surface area (Å²) in [6.45, 7) is 1.98. The second-order valence-electron chi connectivity index (χ2n) is 5.14. The molecule has 7 heteroatoms. The number of hydrogen-bond donors (Lipinski definition) is 2. The van der Waals surface area contributed by atoms with E-state index >= 15 is 0 Å². The summed E-state index contributed by atoms with van der Waals surface area (Å²) < 4.78 is 28.1. The lowest BCUT2D eigenvalue weighted by Crippen LogP contribution is -2.15. The molecule has 2 aromatic carbocycles. The topological polar surface area (TPSA) is 98.5 Å². The van der Waals surface area contributed by atoms with Crippen molar-refractivity contribution in [3.63, 3.8) is 0 Å². The minimum Gasteiger partial charge on any atom is -0.495 e. The van der Waals surface area contributed by atoms with Crippen molar-refractivity contribution in [3.05, 3.63) is 59.7 Å². The number of carbonyl (C=O) groups is 1. The zero-order chi connectivity index (χ0) is 17.7. The molecule has 2 aromatic rings. The Hall–Kier alpha value is -2.64. The number of sulfonamides is 1. The number of carbonyl (C=O) groups excluding carboxylic acids is 1. The SMILES string of the molecule is COc1ccc(NC(=O)/C=C/c2ccc(C)cc2)cc1S(N)(=O)=O. The molecular formula is C17H18N2O4S. The van der Waals surface area contributed by atoms with Gasteiger partial charge in [-0.3, -0.25) is 4.79 Å². The number of anilines is 1. The third-order valence-electron chi connectivity index (χ3n) is 3.24. The Morgan fingerprint density at radius 1 is 1.17 bits per heavy atom. The molecule has 0 bridgehead atoms. The van der Waals surface area contributed by atoms with Gasteiger partial charge in [0.25, 0.3) is 0 Å². The van der Waals surface area contributed by atoms with Gasteiger partial charge < -0.3 is 10.1 Å². The molecule has 3 N–H and O–H groups in total. The highest BCUT2D eigenvalue weighted by Crippen LogP contribution is 2.26. The number of amides is 1. The second kappa shape index (κ2) is 7.29. The maximum Gasteiger partial charge on any atom is 0.248 e. The monoisotopic (exact) mass is 346 g/mol. The fourth-order valence-electron chi connectivity index (χ4n) is 2.01. The number of benzene rings is 2. The van der Waals surface area contributed by atoms with Gasteiger partial charge in [-0.15, -0.1) is 0 Å². The molecular weight excluding hydrogens is 328 g/mol. The Morgan fingerprint density at radius 3 is 2.42 bits per heavy atom. The summed E-state index contributed by atoms with van der Waals surface area (Å²) in [7, 11) is -2.62. The molecule has 0 saturated carbocycles. The quantitative estimate of drug-likeness (QED) is 0.812. The maximum atomic E-state index is 12.0. The van der Waals surface area contributed by atoms with Gasteiger partial charge in [-0.2, -0.15) is 0 Å². The van der Waals surface area contributed by atoms with Crippen molar-refractivity contribution >= 4 is 27.7 Å². The summed E-state index contributed by atoms with van der Waals surface area (Å²) in [5.74, 6) is -0.271. The molecule has 6 nitrogen and oxygen atoms in total. The van der Waals surface area contributed by atoms with Crippen LogP contribution in [0.15, 0.2) is 53.4 Å². The van der Waals surface area contributed by atoms with Crippen LogP contribution in [0.2, 0.25) is 0 Å². The van der Waals surface area contributed by atoms with E-state index in [-0.39, 0.29) is 16.6 Å². The first-order valence-corrected chi connectivity index (χ1v) is 8.61. The Kier molecular flexibility index (Phi) is 5.38. The van der Waals surface area contributed by atoms with Gasteiger partial charge in [-0.25, -0.2) is 13.6 Å². The molecule has 0 aliphatic carbocycles. The standard InChI is InChI=1S/C17H18N2O4S/c1-12-3-5-13(6-4-12)7-10-17(20)19-14-8-9-15(23-2)16(11-14)24(18,21)22/h3-11H,1-2H3,(H,19,20)(H2,18,21,22)/b10-7+. The molecule has 0 aliphatic rings. The van der Waals surface area contributed by atoms with Crippen LogP contribution < -0.4 is 15.2 Å². The minimum atomic E-state index is -3.96. The van der Waals surface area contributed by atoms with Gasteiger partial charge in [0, 0.05) is 11.8 Å². The average Bonchev–Trinajstić information content (AvgIpc) is 2.53. The van der Waals surface area contributed by atoms with E-state index in [9.17, 15) is 13.2 Å². The largest absolute Gasteiger partial charge is 0.495 e. The molecule has 0 saturated heterocycles. The fourth-order valence-corrected chi connectivity index (χ4v) is 2.73. The van der Waals surface area contributed by atoms with Gasteiger partial charge in [0.2, 0.25) is 15.9 Å². The molecule has 0 spiro atoms. The van der Waals surface area contributed by atoms with E-state index < -0.39 is 10.0 Å². The zero-order valence-corrected chi connectivity index (χ0v) is 14.1. The number of hydrogen-bond acceptors (Lipinski definition) is 4. The second-order valence-corrected chi connectivity index (χ2v) is 6.67. The summed E-state index contributed by atoms with van der Waals surface area (Å²) in [5.41, 5.74) is 2.32. The average molecular weight is 346 g/mol. The molecule has 1 amide bonds. The molecule has 0 fully saturated rings. The van der Waals surface area contributed by atoms with Gasteiger partial charge >= 0.3 is 0 Å². The van der Waals surface area contributed by atoms with Crippen LogP contribution in [-0.2, 0) is 14.8 Å². The molecule has 0 aliphatic heterocycles. The lowest BCUT2D eigenvalue weighted by molar-refractivity contribution is -0.111. The predicted molar refractivity (Wildman–Crippen MR) is 93.2 cm³/mol. The van der Waals surface area contributed by atoms with Crippen LogP contribution in [0.3, 0.4) is 0 Å². The van der Waals surface area contributed by atoms with Crippen LogP contribution in [0.1, 0.15) is 11.1 Å². The molecule has 0 heterocycles. The van der Waals surface area contributed by atoms with Crippen LogP contribution in [0.4, 0.5) is 5.69 Å². The number of aryl methyl sites for hydroxylation is 1. The minimum absolute atomic E-state index is 0.116. The molecule has 2 rings (SSSR count). The Morgan fingerprint density at radius 2 is 1.83 bits per heavy atom. The maximum absolute atomic E-state index is 12.0. The van der Waals surface area contributed by atoms with Crippen LogP contribution in [0.25, 0.3) is 6.08 Å². The zero-order valence-electron chi connectivity index (χ0n) is 13.3. The molecule has 0 aromatic heterocycles. The first kappa shape index (κ1) is 17.7. The predicted octanol–water partition coefficient (Wildman–Crippen LogP) is 2.30. The van der Waals surface area contributed by atoms with E-state index in [1.807, 2.05) is 31.2 Å². The van der Waals surface area contributed by atoms with Gasteiger partial charge in [0.15, 0.2) is 0 Å². The van der Waals surface area contributed by atoms with E-state index in [0.29, 0.717) is 5.69 Å². The molecule has 0 atom stereocenters. The van der Waals surface area contributed by atoms with Crippen molar-refractivity contribution < 1.29 is 17.9 Å². The summed E-state index contributed by atoms with van der Waals surface area (Å²) in [6, 6.07) is 11.9. The third kappa shape index (κ3) is 4.68. The lowest BCUT2D eigenvalue weighted by atomic mass is 10.1. The van der Waals surface area contributed by atoms with Crippen molar-refractivity contribution in [2.45, 2.75) is 11.8 Å². The third-order valence-corrected chi connectivity index (χ3v) is 4.17. The Bertz CT molecular complexity index is 872. The van der Waals surface area contributed by atoms with Crippen LogP contribution in [0.5, 0.6) is 5.75 Å². The summed E-state index contributed by atoms with van der Waals surface area (Å²) in [6.07, 6.45) is 3.03. The van der Waals surface area contributed by atoms with Crippen molar-refractivity contribution in [2.24, 2.45) is 5.14 Å². The number of primary sulfonamides is 1. The van der Waals surface area contributed by atoms with Gasteiger partial charge in [-0.1, -0.05) is 29.8 Å². The van der Waals surface area contributed by atoms with Crippen LogP contribution in [0, 0.1) is 6.92 Å². The van der Waals surface area contributed by atoms with Gasteiger partial charge in [-0.05, 0) is 36.8 Å². The molecule has 24 heavy (non-hydrogen) atoms. The van der Waals surface area contributed by atoms with E-state index in [4.69, 9.17) is 9.88 Å². The summed E-state index contributed by atoms with van der Waals surface area (Å²) in [5, 5.41) is 7.73. The fraction of sp³-hybridized carbons (Fsp3) is 0.118. The summed E-state index contributed by atoms with van der Waals surface area (Å²) in [4.78, 5) is 11.8. The summed E-state index contributed by atoms with van der Waals surface area (Å²) >= 11 is 0. The number of methoxy groups -OCH3 is 1. The highest BCUT2D eigenvalue weighted by molar-refractivity contribution is 7.89. The first-order valence-electron chi connectivity index (χ1n) is 7.06. The van der Waals surface area contributed by atoms with E-state index in [1.165, 1.54) is 31.4 Å². The van der Waals surface area contributed by atoms with Crippen LogP contribution in [-0.4, -0.2) is 21.4 Å². The van der Waals surface area contributed by atoms with E-state index in [2.05, 4.69) is 5.32 Å². The number of rotatable bonds is 5. The first-order chi connectivity index (χ1) is 11.3. The van der Waals surface area contributed by atoms with Crippen molar-refractivity contribution in [2.75, 3.05) is 12.4 Å². The van der Waals surface area contributed by atoms with Crippen molar-refractivity contribution in [1.82, 2.24) is 0 Å². The van der Waals surface area contributed by atoms with E-state index in [0.717, 1.165) is 11.1 Å². The number of nitrogens with one attached hydrogen (secondary N) is 1. The molecule has 0 radical (unpaired) electrons. The normalized spacial score (nSPS) is 11.5. The number of nitrogens with two attached hydrogens (primary N) is 1. The van der Waals surface area contributed by atoms with Gasteiger partial charge in [0.1, 0.15) is 10.6 Å². The lowest BCUT2D eigenvalue weighted by Gasteiger charge is -2.09.